The second-order valence-electron chi connectivity index (χ2n) is 4.48. The quantitative estimate of drug-likeness (QED) is 0.595. The van der Waals surface area contributed by atoms with E-state index in [1.807, 2.05) is 19.1 Å². The fourth-order valence-corrected chi connectivity index (χ4v) is 0.894. The molecule has 0 heterocycles. The Bertz CT molecular complexity index is 147. The van der Waals surface area contributed by atoms with Gasteiger partial charge in [0, 0.05) is 5.41 Å². The molecule has 0 radical (unpaired) electrons. The zero-order chi connectivity index (χ0) is 15.6. The minimum atomic E-state index is -0.667. The number of aliphatic hydroxyl groups is 3. The smallest absolute Gasteiger partial charge is 0.0531 e. The fraction of sp³-hybridized carbons (Fsp3) is 0.750. The summed E-state index contributed by atoms with van der Waals surface area (Å²) in [6.45, 7) is 12.7. The van der Waals surface area contributed by atoms with Gasteiger partial charge in [-0.25, -0.2) is 0 Å². The molecule has 0 atom stereocenters. The SMILES string of the molecule is C=CCCC.C=CCCC.CCC(CO)(CO)CO. The number of allylic oxidation sites excluding steroid dienone is 2. The summed E-state index contributed by atoms with van der Waals surface area (Å²) >= 11 is 0. The Morgan fingerprint density at radius 1 is 0.789 bits per heavy atom. The molecule has 0 fully saturated rings. The predicted octanol–water partition coefficient (Wildman–Crippen LogP) is 3.30. The van der Waals surface area contributed by atoms with E-state index in [9.17, 15) is 0 Å². The molecule has 116 valence electrons. The molecule has 0 aromatic heterocycles. The van der Waals surface area contributed by atoms with Gasteiger partial charge in [0.15, 0.2) is 0 Å². The second-order valence-corrected chi connectivity index (χ2v) is 4.48. The fourth-order valence-electron chi connectivity index (χ4n) is 0.894. The Kier molecular flexibility index (Phi) is 24.3. The number of hydrogen-bond acceptors (Lipinski definition) is 3. The highest BCUT2D eigenvalue weighted by atomic mass is 16.3. The van der Waals surface area contributed by atoms with Crippen molar-refractivity contribution in [3.05, 3.63) is 25.3 Å². The molecular weight excluding hydrogens is 240 g/mol. The Morgan fingerprint density at radius 3 is 1.11 bits per heavy atom. The molecule has 0 aromatic carbocycles. The van der Waals surface area contributed by atoms with Gasteiger partial charge >= 0.3 is 0 Å². The van der Waals surface area contributed by atoms with E-state index in [1.54, 1.807) is 0 Å². The maximum atomic E-state index is 8.66. The van der Waals surface area contributed by atoms with Crippen LogP contribution in [0.1, 0.15) is 52.9 Å². The molecule has 0 spiro atoms. The van der Waals surface area contributed by atoms with E-state index in [1.165, 1.54) is 12.8 Å². The Labute approximate surface area is 119 Å². The first-order chi connectivity index (χ1) is 9.07. The summed E-state index contributed by atoms with van der Waals surface area (Å²) in [6, 6.07) is 0. The van der Waals surface area contributed by atoms with E-state index in [0.717, 1.165) is 12.8 Å². The van der Waals surface area contributed by atoms with Crippen LogP contribution in [0.2, 0.25) is 0 Å². The van der Waals surface area contributed by atoms with Gasteiger partial charge in [0.25, 0.3) is 0 Å². The maximum absolute atomic E-state index is 8.66. The van der Waals surface area contributed by atoms with Gasteiger partial charge in [-0.2, -0.15) is 0 Å². The van der Waals surface area contributed by atoms with Crippen LogP contribution >= 0.6 is 0 Å². The van der Waals surface area contributed by atoms with E-state index in [2.05, 4.69) is 27.0 Å². The van der Waals surface area contributed by atoms with Crippen LogP contribution in [0.25, 0.3) is 0 Å². The highest BCUT2D eigenvalue weighted by Crippen LogP contribution is 2.18. The first kappa shape index (κ1) is 23.5. The molecule has 0 saturated heterocycles. The molecule has 3 nitrogen and oxygen atoms in total. The zero-order valence-corrected chi connectivity index (χ0v) is 13.1. The van der Waals surface area contributed by atoms with E-state index < -0.39 is 5.41 Å². The summed E-state index contributed by atoms with van der Waals surface area (Å²) in [5, 5.41) is 26.0. The molecule has 0 saturated carbocycles. The highest BCUT2D eigenvalue weighted by Gasteiger charge is 2.24. The molecule has 3 N–H and O–H groups in total. The van der Waals surface area contributed by atoms with Gasteiger partial charge in [-0.15, -0.1) is 13.2 Å². The largest absolute Gasteiger partial charge is 0.396 e. The third-order valence-electron chi connectivity index (χ3n) is 2.74. The molecule has 0 aliphatic carbocycles. The highest BCUT2D eigenvalue weighted by molar-refractivity contribution is 4.74. The Morgan fingerprint density at radius 2 is 1.11 bits per heavy atom. The number of hydrogen-bond donors (Lipinski definition) is 3. The van der Waals surface area contributed by atoms with Crippen molar-refractivity contribution in [2.45, 2.75) is 52.9 Å². The zero-order valence-electron chi connectivity index (χ0n) is 13.1. The summed E-state index contributed by atoms with van der Waals surface area (Å²) in [6.07, 6.45) is 9.21. The van der Waals surface area contributed by atoms with Crippen LogP contribution < -0.4 is 0 Å². The van der Waals surface area contributed by atoms with Crippen LogP contribution in [0.4, 0.5) is 0 Å². The third kappa shape index (κ3) is 17.4. The van der Waals surface area contributed by atoms with Crippen LogP contribution in [0, 0.1) is 5.41 Å². The Hall–Kier alpha value is -0.640. The summed E-state index contributed by atoms with van der Waals surface area (Å²) < 4.78 is 0. The van der Waals surface area contributed by atoms with Crippen molar-refractivity contribution in [1.29, 1.82) is 0 Å². The minimum absolute atomic E-state index is 0.156. The average Bonchev–Trinajstić information content (AvgIpc) is 2.45. The topological polar surface area (TPSA) is 60.7 Å². The molecular formula is C16H34O3. The van der Waals surface area contributed by atoms with E-state index in [-0.39, 0.29) is 19.8 Å². The normalized spacial score (nSPS) is 9.58. The molecule has 0 amide bonds. The standard InChI is InChI=1S/C6H14O3.2C5H10/c1-2-6(3-7,4-8)5-9;2*1-3-5-4-2/h7-9H,2-5H2,1H3;2*3H,1,4-5H2,2H3. The molecule has 0 aliphatic rings. The summed E-state index contributed by atoms with van der Waals surface area (Å²) in [4.78, 5) is 0. The van der Waals surface area contributed by atoms with Crippen molar-refractivity contribution in [3.63, 3.8) is 0 Å². The molecule has 3 heteroatoms. The monoisotopic (exact) mass is 274 g/mol. The van der Waals surface area contributed by atoms with E-state index in [0.29, 0.717) is 6.42 Å². The van der Waals surface area contributed by atoms with Crippen molar-refractivity contribution < 1.29 is 15.3 Å². The van der Waals surface area contributed by atoms with Crippen molar-refractivity contribution >= 4 is 0 Å². The van der Waals surface area contributed by atoms with Gasteiger partial charge in [0.2, 0.25) is 0 Å². The van der Waals surface area contributed by atoms with Gasteiger partial charge in [-0.1, -0.05) is 45.8 Å². The lowest BCUT2D eigenvalue weighted by molar-refractivity contribution is 0.00304. The van der Waals surface area contributed by atoms with Crippen LogP contribution in [0.15, 0.2) is 25.3 Å². The lowest BCUT2D eigenvalue weighted by Crippen LogP contribution is -2.32. The Balaban J connectivity index is -0.000000219. The van der Waals surface area contributed by atoms with Gasteiger partial charge < -0.3 is 15.3 Å². The molecule has 19 heavy (non-hydrogen) atoms. The van der Waals surface area contributed by atoms with Crippen LogP contribution in [-0.2, 0) is 0 Å². The second kappa shape index (κ2) is 19.7. The lowest BCUT2D eigenvalue weighted by atomic mass is 9.88. The maximum Gasteiger partial charge on any atom is 0.0531 e. The number of aliphatic hydroxyl groups excluding tert-OH is 3. The molecule has 0 unspecified atom stereocenters. The molecule has 0 aliphatic heterocycles. The molecule has 0 rings (SSSR count). The first-order valence-corrected chi connectivity index (χ1v) is 7.12. The van der Waals surface area contributed by atoms with E-state index in [4.69, 9.17) is 15.3 Å². The van der Waals surface area contributed by atoms with Crippen molar-refractivity contribution in [1.82, 2.24) is 0 Å². The van der Waals surface area contributed by atoms with Crippen LogP contribution in [0.5, 0.6) is 0 Å². The number of unbranched alkanes of at least 4 members (excludes halogenated alkanes) is 2. The van der Waals surface area contributed by atoms with E-state index >= 15 is 0 Å². The van der Waals surface area contributed by atoms with Crippen LogP contribution in [0.3, 0.4) is 0 Å². The summed E-state index contributed by atoms with van der Waals surface area (Å²) in [5.74, 6) is 0. The van der Waals surface area contributed by atoms with Crippen molar-refractivity contribution in [2.75, 3.05) is 19.8 Å². The lowest BCUT2D eigenvalue weighted by Gasteiger charge is -2.24. The number of rotatable bonds is 8. The van der Waals surface area contributed by atoms with Crippen molar-refractivity contribution in [2.24, 2.45) is 5.41 Å². The van der Waals surface area contributed by atoms with Gasteiger partial charge in [0.1, 0.15) is 0 Å². The molecule has 0 aromatic rings. The predicted molar refractivity (Wildman–Crippen MR) is 84.2 cm³/mol. The summed E-state index contributed by atoms with van der Waals surface area (Å²) in [5.41, 5.74) is -0.667. The average molecular weight is 274 g/mol. The van der Waals surface area contributed by atoms with Gasteiger partial charge in [-0.3, -0.25) is 0 Å². The summed E-state index contributed by atoms with van der Waals surface area (Å²) in [7, 11) is 0. The van der Waals surface area contributed by atoms with Crippen LogP contribution in [-0.4, -0.2) is 35.1 Å². The van der Waals surface area contributed by atoms with Crippen molar-refractivity contribution in [3.8, 4) is 0 Å². The van der Waals surface area contributed by atoms with Gasteiger partial charge in [-0.05, 0) is 19.3 Å². The minimum Gasteiger partial charge on any atom is -0.396 e. The first-order valence-electron chi connectivity index (χ1n) is 7.12. The van der Waals surface area contributed by atoms with Gasteiger partial charge in [0.05, 0.1) is 19.8 Å². The third-order valence-corrected chi connectivity index (χ3v) is 2.74. The molecule has 0 bridgehead atoms.